The number of rotatable bonds is 7. The van der Waals surface area contributed by atoms with Crippen molar-refractivity contribution >= 4 is 5.91 Å². The molecule has 1 aromatic heterocycles. The third kappa shape index (κ3) is 4.03. The van der Waals surface area contributed by atoms with E-state index in [1.165, 1.54) is 25.0 Å². The molecule has 1 aliphatic rings. The van der Waals surface area contributed by atoms with Gasteiger partial charge in [0.05, 0.1) is 19.9 Å². The first-order chi connectivity index (χ1) is 15.4. The number of carbonyl (C=O) groups is 1. The summed E-state index contributed by atoms with van der Waals surface area (Å²) in [4.78, 5) is 12.9. The molecule has 0 aliphatic heterocycles. The highest BCUT2D eigenvalue weighted by molar-refractivity contribution is 5.94. The van der Waals surface area contributed by atoms with Crippen molar-refractivity contribution in [2.24, 2.45) is 0 Å². The molecule has 2 N–H and O–H groups in total. The molecule has 0 bridgehead atoms. The summed E-state index contributed by atoms with van der Waals surface area (Å²) in [5, 5.41) is 17.7. The molecule has 7 nitrogen and oxygen atoms in total. The molecule has 1 heterocycles. The molecule has 9 heteroatoms. The van der Waals surface area contributed by atoms with E-state index in [4.69, 9.17) is 9.47 Å². The van der Waals surface area contributed by atoms with Crippen LogP contribution < -0.4 is 14.8 Å². The number of halogens is 2. The maximum absolute atomic E-state index is 13.7. The van der Waals surface area contributed by atoms with Gasteiger partial charge in [-0.3, -0.25) is 4.79 Å². The Morgan fingerprint density at radius 3 is 2.69 bits per heavy atom. The normalized spacial score (nSPS) is 13.5. The van der Waals surface area contributed by atoms with Crippen LogP contribution in [0, 0.1) is 11.6 Å². The molecule has 4 rings (SSSR count). The maximum atomic E-state index is 13.7. The van der Waals surface area contributed by atoms with E-state index in [2.05, 4.69) is 10.4 Å². The molecule has 1 atom stereocenters. The summed E-state index contributed by atoms with van der Waals surface area (Å²) in [6.45, 7) is -0.0742. The molecular weight excluding hydrogens is 420 g/mol. The smallest absolute Gasteiger partial charge is 0.272 e. The lowest BCUT2D eigenvalue weighted by Gasteiger charge is -2.16. The van der Waals surface area contributed by atoms with Crippen LogP contribution in [-0.4, -0.2) is 41.6 Å². The predicted molar refractivity (Wildman–Crippen MR) is 112 cm³/mol. The zero-order valence-corrected chi connectivity index (χ0v) is 17.7. The number of aliphatic hydroxyl groups is 1. The summed E-state index contributed by atoms with van der Waals surface area (Å²) in [5.74, 6) is -1.36. The molecule has 0 saturated heterocycles. The van der Waals surface area contributed by atoms with Crippen molar-refractivity contribution in [1.82, 2.24) is 15.1 Å². The van der Waals surface area contributed by atoms with Gasteiger partial charge in [0.2, 0.25) is 0 Å². The second-order valence-electron chi connectivity index (χ2n) is 7.47. The van der Waals surface area contributed by atoms with Gasteiger partial charge in [-0.1, -0.05) is 0 Å². The first-order valence-electron chi connectivity index (χ1n) is 10.2. The van der Waals surface area contributed by atoms with Gasteiger partial charge in [-0.2, -0.15) is 5.10 Å². The number of fused-ring (bicyclic) bond motifs is 1. The maximum Gasteiger partial charge on any atom is 0.272 e. The number of aliphatic hydroxyl groups excluding tert-OH is 1. The van der Waals surface area contributed by atoms with Crippen molar-refractivity contribution in [2.75, 3.05) is 20.8 Å². The third-order valence-electron chi connectivity index (χ3n) is 5.54. The van der Waals surface area contributed by atoms with Gasteiger partial charge < -0.3 is 19.9 Å². The second kappa shape index (κ2) is 8.96. The van der Waals surface area contributed by atoms with E-state index >= 15 is 0 Å². The van der Waals surface area contributed by atoms with Crippen LogP contribution in [0.3, 0.4) is 0 Å². The largest absolute Gasteiger partial charge is 0.497 e. The fraction of sp³-hybridized carbons (Fsp3) is 0.304. The summed E-state index contributed by atoms with van der Waals surface area (Å²) in [5.41, 5.74) is 2.62. The van der Waals surface area contributed by atoms with E-state index in [9.17, 15) is 18.7 Å². The Kier molecular flexibility index (Phi) is 6.09. The van der Waals surface area contributed by atoms with Crippen LogP contribution in [0.1, 0.15) is 39.8 Å². The molecule has 168 valence electrons. The minimum Gasteiger partial charge on any atom is -0.497 e. The molecular formula is C23H23F2N3O4. The standard InChI is InChI=1S/C23H23F2N3O4/c1-31-14-7-9-21(32-2)16(11-14)20(29)12-26-23(30)22-15-4-3-5-19(15)28(27-22)13-6-8-17(24)18(25)10-13/h6-11,20,29H,3-5,12H2,1-2H3,(H,26,30). The van der Waals surface area contributed by atoms with Gasteiger partial charge in [0.1, 0.15) is 17.6 Å². The highest BCUT2D eigenvalue weighted by atomic mass is 19.2. The predicted octanol–water partition coefficient (Wildman–Crippen LogP) is 3.12. The Morgan fingerprint density at radius 2 is 1.97 bits per heavy atom. The molecule has 1 aliphatic carbocycles. The zero-order chi connectivity index (χ0) is 22.8. The van der Waals surface area contributed by atoms with Crippen LogP contribution in [0.4, 0.5) is 8.78 Å². The van der Waals surface area contributed by atoms with Crippen molar-refractivity contribution in [3.63, 3.8) is 0 Å². The monoisotopic (exact) mass is 443 g/mol. The summed E-state index contributed by atoms with van der Waals surface area (Å²) in [7, 11) is 3.01. The number of nitrogens with one attached hydrogen (secondary N) is 1. The number of ether oxygens (including phenoxy) is 2. The number of aromatic nitrogens is 2. The molecule has 32 heavy (non-hydrogen) atoms. The van der Waals surface area contributed by atoms with Gasteiger partial charge in [-0.15, -0.1) is 0 Å². The molecule has 2 aromatic carbocycles. The summed E-state index contributed by atoms with van der Waals surface area (Å²) < 4.78 is 39.0. The van der Waals surface area contributed by atoms with Gasteiger partial charge in [0.25, 0.3) is 5.91 Å². The molecule has 0 saturated carbocycles. The first-order valence-corrected chi connectivity index (χ1v) is 10.2. The quantitative estimate of drug-likeness (QED) is 0.586. The van der Waals surface area contributed by atoms with Crippen molar-refractivity contribution in [3.05, 3.63) is 70.5 Å². The number of amides is 1. The van der Waals surface area contributed by atoms with Crippen LogP contribution in [0.5, 0.6) is 11.5 Å². The fourth-order valence-electron chi connectivity index (χ4n) is 3.93. The number of benzene rings is 2. The van der Waals surface area contributed by atoms with Gasteiger partial charge in [-0.25, -0.2) is 13.5 Å². The molecule has 0 fully saturated rings. The summed E-state index contributed by atoms with van der Waals surface area (Å²) in [6, 6.07) is 8.54. The highest BCUT2D eigenvalue weighted by Crippen LogP contribution is 2.30. The number of hydrogen-bond acceptors (Lipinski definition) is 5. The number of nitrogens with zero attached hydrogens (tertiary/aromatic N) is 2. The number of carbonyl (C=O) groups excluding carboxylic acids is 1. The van der Waals surface area contributed by atoms with E-state index in [0.29, 0.717) is 35.6 Å². The van der Waals surface area contributed by atoms with Crippen molar-refractivity contribution in [3.8, 4) is 17.2 Å². The highest BCUT2D eigenvalue weighted by Gasteiger charge is 2.28. The van der Waals surface area contributed by atoms with Crippen molar-refractivity contribution < 1.29 is 28.2 Å². The zero-order valence-electron chi connectivity index (χ0n) is 17.7. The molecule has 1 amide bonds. The lowest BCUT2D eigenvalue weighted by Crippen LogP contribution is -2.29. The Balaban J connectivity index is 1.55. The van der Waals surface area contributed by atoms with E-state index in [1.807, 2.05) is 0 Å². The Labute approximate surface area is 183 Å². The van der Waals surface area contributed by atoms with Crippen molar-refractivity contribution in [1.29, 1.82) is 0 Å². The Hall–Kier alpha value is -3.46. The van der Waals surface area contributed by atoms with Gasteiger partial charge >= 0.3 is 0 Å². The van der Waals surface area contributed by atoms with E-state index < -0.39 is 23.6 Å². The SMILES string of the molecule is COc1ccc(OC)c(C(O)CNC(=O)c2nn(-c3ccc(F)c(F)c3)c3c2CCC3)c1. The molecule has 0 spiro atoms. The van der Waals surface area contributed by atoms with Gasteiger partial charge in [0.15, 0.2) is 17.3 Å². The Bertz CT molecular complexity index is 1160. The summed E-state index contributed by atoms with van der Waals surface area (Å²) in [6.07, 6.45) is 1.14. The van der Waals surface area contributed by atoms with E-state index in [0.717, 1.165) is 29.8 Å². The van der Waals surface area contributed by atoms with Crippen LogP contribution in [-0.2, 0) is 12.8 Å². The van der Waals surface area contributed by atoms with E-state index in [1.54, 1.807) is 18.2 Å². The van der Waals surface area contributed by atoms with E-state index in [-0.39, 0.29) is 12.2 Å². The van der Waals surface area contributed by atoms with Crippen LogP contribution in [0.2, 0.25) is 0 Å². The minimum atomic E-state index is -1.04. The number of hydrogen-bond donors (Lipinski definition) is 2. The lowest BCUT2D eigenvalue weighted by molar-refractivity contribution is 0.0908. The molecule has 0 radical (unpaired) electrons. The van der Waals surface area contributed by atoms with Crippen LogP contribution in [0.15, 0.2) is 36.4 Å². The average Bonchev–Trinajstić information content (AvgIpc) is 3.41. The second-order valence-corrected chi connectivity index (χ2v) is 7.47. The van der Waals surface area contributed by atoms with Crippen molar-refractivity contribution in [2.45, 2.75) is 25.4 Å². The molecule has 1 unspecified atom stereocenters. The van der Waals surface area contributed by atoms with Gasteiger partial charge in [-0.05, 0) is 49.6 Å². The lowest BCUT2D eigenvalue weighted by atomic mass is 10.1. The third-order valence-corrected chi connectivity index (χ3v) is 5.54. The topological polar surface area (TPSA) is 85.6 Å². The van der Waals surface area contributed by atoms with Crippen LogP contribution >= 0.6 is 0 Å². The van der Waals surface area contributed by atoms with Gasteiger partial charge in [0, 0.05) is 29.4 Å². The average molecular weight is 443 g/mol. The first kappa shape index (κ1) is 21.8. The number of methoxy groups -OCH3 is 2. The van der Waals surface area contributed by atoms with Crippen LogP contribution in [0.25, 0.3) is 5.69 Å². The Morgan fingerprint density at radius 1 is 1.16 bits per heavy atom. The fourth-order valence-corrected chi connectivity index (χ4v) is 3.93. The summed E-state index contributed by atoms with van der Waals surface area (Å²) >= 11 is 0. The minimum absolute atomic E-state index is 0.0742. The molecule has 3 aromatic rings.